The molecule has 7 heteroatoms. The second kappa shape index (κ2) is 5.05. The summed E-state index contributed by atoms with van der Waals surface area (Å²) in [5.74, 6) is 0.348. The molecule has 0 saturated heterocycles. The SMILES string of the molecule is COC(=O)c1nc(C)n(Cc2cnc(C)cn2)c1N. The van der Waals surface area contributed by atoms with E-state index in [2.05, 4.69) is 19.7 Å². The number of rotatable bonds is 3. The number of ether oxygens (including phenoxy) is 1. The summed E-state index contributed by atoms with van der Waals surface area (Å²) in [7, 11) is 1.29. The second-order valence-corrected chi connectivity index (χ2v) is 4.12. The van der Waals surface area contributed by atoms with Crippen LogP contribution in [0.1, 0.15) is 27.7 Å². The van der Waals surface area contributed by atoms with Crippen LogP contribution < -0.4 is 5.73 Å². The molecule has 0 amide bonds. The summed E-state index contributed by atoms with van der Waals surface area (Å²) in [6.45, 7) is 4.04. The van der Waals surface area contributed by atoms with Crippen LogP contribution in [0.25, 0.3) is 0 Å². The molecule has 0 fully saturated rings. The Morgan fingerprint density at radius 3 is 2.68 bits per heavy atom. The van der Waals surface area contributed by atoms with E-state index in [9.17, 15) is 4.79 Å². The zero-order chi connectivity index (χ0) is 14.0. The van der Waals surface area contributed by atoms with Crippen LogP contribution in [0.15, 0.2) is 12.4 Å². The van der Waals surface area contributed by atoms with Crippen LogP contribution in [0, 0.1) is 13.8 Å². The van der Waals surface area contributed by atoms with Gasteiger partial charge in [-0.15, -0.1) is 0 Å². The monoisotopic (exact) mass is 261 g/mol. The highest BCUT2D eigenvalue weighted by molar-refractivity contribution is 5.92. The van der Waals surface area contributed by atoms with E-state index < -0.39 is 5.97 Å². The lowest BCUT2D eigenvalue weighted by atomic mass is 10.4. The van der Waals surface area contributed by atoms with Gasteiger partial charge in [0.15, 0.2) is 5.69 Å². The zero-order valence-corrected chi connectivity index (χ0v) is 11.0. The molecule has 0 atom stereocenters. The molecule has 19 heavy (non-hydrogen) atoms. The predicted molar refractivity (Wildman–Crippen MR) is 68.6 cm³/mol. The number of nitrogen functional groups attached to an aromatic ring is 1. The molecule has 0 spiro atoms. The van der Waals surface area contributed by atoms with E-state index in [1.807, 2.05) is 6.92 Å². The number of nitrogens with two attached hydrogens (primary N) is 1. The number of aromatic nitrogens is 4. The number of hydrogen-bond acceptors (Lipinski definition) is 6. The first-order valence-electron chi connectivity index (χ1n) is 5.71. The van der Waals surface area contributed by atoms with Gasteiger partial charge in [-0.05, 0) is 13.8 Å². The summed E-state index contributed by atoms with van der Waals surface area (Å²) in [5.41, 5.74) is 7.62. The average molecular weight is 261 g/mol. The number of hydrogen-bond donors (Lipinski definition) is 1. The normalized spacial score (nSPS) is 10.5. The number of nitrogens with zero attached hydrogens (tertiary/aromatic N) is 4. The minimum atomic E-state index is -0.547. The van der Waals surface area contributed by atoms with Gasteiger partial charge in [0.1, 0.15) is 11.6 Å². The highest BCUT2D eigenvalue weighted by Gasteiger charge is 2.19. The lowest BCUT2D eigenvalue weighted by Gasteiger charge is -2.07. The first-order valence-corrected chi connectivity index (χ1v) is 5.71. The van der Waals surface area contributed by atoms with Crippen molar-refractivity contribution < 1.29 is 9.53 Å². The molecule has 7 nitrogen and oxygen atoms in total. The zero-order valence-electron chi connectivity index (χ0n) is 11.0. The minimum absolute atomic E-state index is 0.125. The summed E-state index contributed by atoms with van der Waals surface area (Å²) in [4.78, 5) is 24.0. The van der Waals surface area contributed by atoms with Crippen molar-refractivity contribution in [3.63, 3.8) is 0 Å². The van der Waals surface area contributed by atoms with E-state index in [4.69, 9.17) is 5.73 Å². The van der Waals surface area contributed by atoms with E-state index in [1.54, 1.807) is 23.9 Å². The van der Waals surface area contributed by atoms with Crippen molar-refractivity contribution in [2.75, 3.05) is 12.8 Å². The standard InChI is InChI=1S/C12H15N5O2/c1-7-4-15-9(5-14-7)6-17-8(2)16-10(11(17)13)12(18)19-3/h4-5H,6,13H2,1-3H3. The highest BCUT2D eigenvalue weighted by Crippen LogP contribution is 2.16. The van der Waals surface area contributed by atoms with Crippen molar-refractivity contribution >= 4 is 11.8 Å². The molecule has 2 rings (SSSR count). The van der Waals surface area contributed by atoms with Crippen molar-refractivity contribution in [2.45, 2.75) is 20.4 Å². The van der Waals surface area contributed by atoms with E-state index in [-0.39, 0.29) is 11.5 Å². The number of carbonyl (C=O) groups excluding carboxylic acids is 1. The maximum atomic E-state index is 11.5. The van der Waals surface area contributed by atoms with Crippen molar-refractivity contribution in [2.24, 2.45) is 0 Å². The summed E-state index contributed by atoms with van der Waals surface area (Å²) >= 11 is 0. The number of carbonyl (C=O) groups is 1. The smallest absolute Gasteiger partial charge is 0.360 e. The molecule has 0 aliphatic heterocycles. The lowest BCUT2D eigenvalue weighted by Crippen LogP contribution is -2.10. The lowest BCUT2D eigenvalue weighted by molar-refractivity contribution is 0.0595. The summed E-state index contributed by atoms with van der Waals surface area (Å²) < 4.78 is 6.33. The van der Waals surface area contributed by atoms with Crippen LogP contribution in [0.5, 0.6) is 0 Å². The molecule has 2 heterocycles. The fourth-order valence-corrected chi connectivity index (χ4v) is 1.69. The fraction of sp³-hybridized carbons (Fsp3) is 0.333. The molecule has 0 aliphatic carbocycles. The van der Waals surface area contributed by atoms with Gasteiger partial charge in [-0.1, -0.05) is 0 Å². The van der Waals surface area contributed by atoms with Crippen molar-refractivity contribution in [3.8, 4) is 0 Å². The van der Waals surface area contributed by atoms with Crippen molar-refractivity contribution in [3.05, 3.63) is 35.3 Å². The van der Waals surface area contributed by atoms with Crippen LogP contribution in [-0.4, -0.2) is 32.6 Å². The van der Waals surface area contributed by atoms with E-state index in [1.165, 1.54) is 7.11 Å². The van der Waals surface area contributed by atoms with E-state index >= 15 is 0 Å². The third-order valence-electron chi connectivity index (χ3n) is 2.73. The number of methoxy groups -OCH3 is 1. The Morgan fingerprint density at radius 2 is 2.11 bits per heavy atom. The molecule has 0 saturated carbocycles. The Labute approximate surface area is 110 Å². The van der Waals surface area contributed by atoms with Crippen molar-refractivity contribution in [1.29, 1.82) is 0 Å². The van der Waals surface area contributed by atoms with Gasteiger partial charge in [0, 0.05) is 6.20 Å². The number of aryl methyl sites for hydroxylation is 2. The summed E-state index contributed by atoms with van der Waals surface area (Å²) in [6, 6.07) is 0. The van der Waals surface area contributed by atoms with Crippen molar-refractivity contribution in [1.82, 2.24) is 19.5 Å². The quantitative estimate of drug-likeness (QED) is 0.817. The van der Waals surface area contributed by atoms with E-state index in [0.29, 0.717) is 12.4 Å². The Hall–Kier alpha value is -2.44. The Bertz CT molecular complexity index is 603. The van der Waals surface area contributed by atoms with Gasteiger partial charge in [0.2, 0.25) is 0 Å². The third kappa shape index (κ3) is 2.54. The maximum Gasteiger partial charge on any atom is 0.360 e. The Kier molecular flexibility index (Phi) is 3.46. The molecule has 2 N–H and O–H groups in total. The fourth-order valence-electron chi connectivity index (χ4n) is 1.69. The first-order chi connectivity index (χ1) is 9.02. The average Bonchev–Trinajstić information content (AvgIpc) is 2.68. The van der Waals surface area contributed by atoms with Crippen LogP contribution in [0.2, 0.25) is 0 Å². The molecular weight excluding hydrogens is 246 g/mol. The van der Waals surface area contributed by atoms with Gasteiger partial charge in [-0.3, -0.25) is 9.97 Å². The molecular formula is C12H15N5O2. The minimum Gasteiger partial charge on any atom is -0.464 e. The second-order valence-electron chi connectivity index (χ2n) is 4.12. The first kappa shape index (κ1) is 13.0. The largest absolute Gasteiger partial charge is 0.464 e. The molecule has 0 bridgehead atoms. The Morgan fingerprint density at radius 1 is 1.37 bits per heavy atom. The van der Waals surface area contributed by atoms with Gasteiger partial charge < -0.3 is 15.0 Å². The summed E-state index contributed by atoms with van der Waals surface area (Å²) in [6.07, 6.45) is 3.35. The molecule has 100 valence electrons. The number of imidazole rings is 1. The summed E-state index contributed by atoms with van der Waals surface area (Å²) in [5, 5.41) is 0. The number of anilines is 1. The third-order valence-corrected chi connectivity index (χ3v) is 2.73. The van der Waals surface area contributed by atoms with E-state index in [0.717, 1.165) is 11.4 Å². The highest BCUT2D eigenvalue weighted by atomic mass is 16.5. The van der Waals surface area contributed by atoms with Crippen LogP contribution >= 0.6 is 0 Å². The Balaban J connectivity index is 2.33. The molecule has 0 unspecified atom stereocenters. The molecule has 2 aromatic rings. The van der Waals surface area contributed by atoms with Crippen LogP contribution in [0.4, 0.5) is 5.82 Å². The van der Waals surface area contributed by atoms with Gasteiger partial charge in [-0.2, -0.15) is 0 Å². The van der Waals surface area contributed by atoms with Gasteiger partial charge in [0.25, 0.3) is 0 Å². The maximum absolute atomic E-state index is 11.5. The van der Waals surface area contributed by atoms with Gasteiger partial charge in [0.05, 0.1) is 31.2 Å². The topological polar surface area (TPSA) is 95.9 Å². The predicted octanol–water partition coefficient (Wildman–Crippen LogP) is 0.707. The van der Waals surface area contributed by atoms with Crippen LogP contribution in [0.3, 0.4) is 0 Å². The molecule has 0 radical (unpaired) electrons. The molecule has 2 aromatic heterocycles. The van der Waals surface area contributed by atoms with Gasteiger partial charge in [-0.25, -0.2) is 9.78 Å². The van der Waals surface area contributed by atoms with Crippen LogP contribution in [-0.2, 0) is 11.3 Å². The molecule has 0 aromatic carbocycles. The molecule has 0 aliphatic rings. The van der Waals surface area contributed by atoms with Gasteiger partial charge >= 0.3 is 5.97 Å². The number of esters is 1.